The van der Waals surface area contributed by atoms with Crippen molar-refractivity contribution in [2.45, 2.75) is 13.5 Å². The minimum Gasteiger partial charge on any atom is -0.465 e. The van der Waals surface area contributed by atoms with Crippen LogP contribution in [0.1, 0.15) is 32.2 Å². The van der Waals surface area contributed by atoms with Crippen molar-refractivity contribution >= 4 is 23.4 Å². The number of aromatic nitrogens is 2. The highest BCUT2D eigenvalue weighted by molar-refractivity contribution is 5.93. The molecular formula is C21H20N4O3. The van der Waals surface area contributed by atoms with E-state index >= 15 is 0 Å². The predicted molar refractivity (Wildman–Crippen MR) is 105 cm³/mol. The molecule has 0 radical (unpaired) electrons. The summed E-state index contributed by atoms with van der Waals surface area (Å²) in [6, 6.07) is 18.0. The third-order valence-corrected chi connectivity index (χ3v) is 3.94. The zero-order valence-corrected chi connectivity index (χ0v) is 15.6. The van der Waals surface area contributed by atoms with Crippen molar-refractivity contribution in [3.8, 4) is 0 Å². The second-order valence-corrected chi connectivity index (χ2v) is 6.05. The van der Waals surface area contributed by atoms with E-state index in [2.05, 4.69) is 25.3 Å². The molecule has 142 valence electrons. The van der Waals surface area contributed by atoms with E-state index in [1.54, 1.807) is 37.3 Å². The first-order chi connectivity index (χ1) is 13.5. The highest BCUT2D eigenvalue weighted by Crippen LogP contribution is 2.17. The Labute approximate surface area is 162 Å². The number of hydrogen-bond acceptors (Lipinski definition) is 6. The van der Waals surface area contributed by atoms with Gasteiger partial charge in [-0.1, -0.05) is 30.3 Å². The van der Waals surface area contributed by atoms with Crippen LogP contribution < -0.4 is 10.6 Å². The van der Waals surface area contributed by atoms with E-state index in [1.165, 1.54) is 7.11 Å². The second kappa shape index (κ2) is 8.77. The molecule has 3 rings (SSSR count). The monoisotopic (exact) mass is 376 g/mol. The molecule has 2 aromatic carbocycles. The molecule has 0 saturated carbocycles. The maximum atomic E-state index is 12.4. The van der Waals surface area contributed by atoms with Gasteiger partial charge in [-0.3, -0.25) is 4.79 Å². The van der Waals surface area contributed by atoms with Gasteiger partial charge in [0.2, 0.25) is 0 Å². The lowest BCUT2D eigenvalue weighted by molar-refractivity contribution is 0.0600. The van der Waals surface area contributed by atoms with Crippen molar-refractivity contribution in [1.29, 1.82) is 0 Å². The summed E-state index contributed by atoms with van der Waals surface area (Å²) in [5.74, 6) is 0.282. The molecule has 0 aliphatic heterocycles. The van der Waals surface area contributed by atoms with Gasteiger partial charge in [-0.25, -0.2) is 14.8 Å². The van der Waals surface area contributed by atoms with Crippen LogP contribution in [0.15, 0.2) is 60.7 Å². The van der Waals surface area contributed by atoms with E-state index in [0.717, 1.165) is 11.3 Å². The second-order valence-electron chi connectivity index (χ2n) is 6.05. The van der Waals surface area contributed by atoms with Crippen LogP contribution in [-0.4, -0.2) is 29.0 Å². The molecule has 3 aromatic rings. The maximum Gasteiger partial charge on any atom is 0.337 e. The molecule has 0 spiro atoms. The Kier molecular flexibility index (Phi) is 5.96. The molecule has 0 aliphatic carbocycles. The number of nitrogens with one attached hydrogen (secondary N) is 2. The summed E-state index contributed by atoms with van der Waals surface area (Å²) in [5, 5.41) is 5.97. The van der Waals surface area contributed by atoms with Crippen LogP contribution in [-0.2, 0) is 11.3 Å². The van der Waals surface area contributed by atoms with Gasteiger partial charge < -0.3 is 15.4 Å². The molecule has 0 aliphatic rings. The van der Waals surface area contributed by atoms with E-state index in [-0.39, 0.29) is 11.6 Å². The first-order valence-corrected chi connectivity index (χ1v) is 8.68. The van der Waals surface area contributed by atoms with Crippen molar-refractivity contribution in [3.63, 3.8) is 0 Å². The van der Waals surface area contributed by atoms with Crippen LogP contribution in [0.5, 0.6) is 0 Å². The molecule has 0 unspecified atom stereocenters. The fraction of sp³-hybridized carbons (Fsp3) is 0.143. The zero-order valence-electron chi connectivity index (χ0n) is 15.6. The number of anilines is 2. The summed E-state index contributed by atoms with van der Waals surface area (Å²) in [5.41, 5.74) is 2.46. The van der Waals surface area contributed by atoms with Crippen LogP contribution in [0.4, 0.5) is 11.5 Å². The average Bonchev–Trinajstić information content (AvgIpc) is 2.72. The molecule has 0 saturated heterocycles. The molecule has 2 N–H and O–H groups in total. The number of methoxy groups -OCH3 is 1. The quantitative estimate of drug-likeness (QED) is 0.642. The van der Waals surface area contributed by atoms with E-state index in [4.69, 9.17) is 0 Å². The van der Waals surface area contributed by atoms with Gasteiger partial charge >= 0.3 is 5.97 Å². The SMILES string of the molecule is COC(=O)c1ccc(Nc2cc(C(=O)NCc3ccccc3)nc(C)n2)cc1. The van der Waals surface area contributed by atoms with E-state index in [0.29, 0.717) is 23.8 Å². The third kappa shape index (κ3) is 4.91. The summed E-state index contributed by atoms with van der Waals surface area (Å²) < 4.78 is 4.68. The minimum atomic E-state index is -0.401. The van der Waals surface area contributed by atoms with E-state index in [9.17, 15) is 9.59 Å². The van der Waals surface area contributed by atoms with Crippen molar-refractivity contribution in [2.75, 3.05) is 12.4 Å². The molecule has 1 heterocycles. The number of aryl methyl sites for hydroxylation is 1. The predicted octanol–water partition coefficient (Wildman–Crippen LogP) is 3.25. The van der Waals surface area contributed by atoms with Gasteiger partial charge in [0.05, 0.1) is 12.7 Å². The number of hydrogen-bond donors (Lipinski definition) is 2. The summed E-state index contributed by atoms with van der Waals surface area (Å²) in [6.45, 7) is 2.14. The zero-order chi connectivity index (χ0) is 19.9. The molecule has 7 heteroatoms. The molecule has 1 amide bonds. The fourth-order valence-corrected chi connectivity index (χ4v) is 2.57. The van der Waals surface area contributed by atoms with Gasteiger partial charge in [-0.05, 0) is 36.8 Å². The van der Waals surface area contributed by atoms with Crippen LogP contribution in [0.25, 0.3) is 0 Å². The Balaban J connectivity index is 1.70. The van der Waals surface area contributed by atoms with Gasteiger partial charge in [0.25, 0.3) is 5.91 Å². The van der Waals surface area contributed by atoms with Crippen LogP contribution in [0, 0.1) is 6.92 Å². The topological polar surface area (TPSA) is 93.2 Å². The van der Waals surface area contributed by atoms with E-state index < -0.39 is 5.97 Å². The number of ether oxygens (including phenoxy) is 1. The Morgan fingerprint density at radius 2 is 1.71 bits per heavy atom. The Bertz CT molecular complexity index is 973. The molecule has 0 fully saturated rings. The summed E-state index contributed by atoms with van der Waals surface area (Å²) in [6.07, 6.45) is 0. The van der Waals surface area contributed by atoms with Gasteiger partial charge in [-0.2, -0.15) is 0 Å². The summed E-state index contributed by atoms with van der Waals surface area (Å²) >= 11 is 0. The number of benzene rings is 2. The molecule has 7 nitrogen and oxygen atoms in total. The molecule has 1 aromatic heterocycles. The Morgan fingerprint density at radius 3 is 2.39 bits per heavy atom. The third-order valence-electron chi connectivity index (χ3n) is 3.94. The van der Waals surface area contributed by atoms with Gasteiger partial charge in [0.1, 0.15) is 17.3 Å². The Morgan fingerprint density at radius 1 is 1.00 bits per heavy atom. The van der Waals surface area contributed by atoms with Gasteiger partial charge in [-0.15, -0.1) is 0 Å². The average molecular weight is 376 g/mol. The first-order valence-electron chi connectivity index (χ1n) is 8.68. The first kappa shape index (κ1) is 19.0. The van der Waals surface area contributed by atoms with Gasteiger partial charge in [0.15, 0.2) is 0 Å². The molecule has 0 atom stereocenters. The smallest absolute Gasteiger partial charge is 0.337 e. The Hall–Kier alpha value is -3.74. The molecular weight excluding hydrogens is 356 g/mol. The lowest BCUT2D eigenvalue weighted by Crippen LogP contribution is -2.24. The van der Waals surface area contributed by atoms with Crippen molar-refractivity contribution in [2.24, 2.45) is 0 Å². The lowest BCUT2D eigenvalue weighted by Gasteiger charge is -2.10. The minimum absolute atomic E-state index is 0.275. The summed E-state index contributed by atoms with van der Waals surface area (Å²) in [4.78, 5) is 32.5. The number of carbonyl (C=O) groups is 2. The number of amides is 1. The van der Waals surface area contributed by atoms with Gasteiger partial charge in [0, 0.05) is 18.3 Å². The number of carbonyl (C=O) groups excluding carboxylic acids is 2. The lowest BCUT2D eigenvalue weighted by atomic mass is 10.2. The van der Waals surface area contributed by atoms with Crippen LogP contribution in [0.2, 0.25) is 0 Å². The summed E-state index contributed by atoms with van der Waals surface area (Å²) in [7, 11) is 1.34. The molecule has 0 bridgehead atoms. The number of esters is 1. The largest absolute Gasteiger partial charge is 0.465 e. The van der Waals surface area contributed by atoms with Crippen LogP contribution in [0.3, 0.4) is 0 Å². The standard InChI is InChI=1S/C21H20N4O3/c1-14-23-18(20(26)22-13-15-6-4-3-5-7-15)12-19(24-14)25-17-10-8-16(9-11-17)21(27)28-2/h3-12H,13H2,1-2H3,(H,22,26)(H,23,24,25). The van der Waals surface area contributed by atoms with E-state index in [1.807, 2.05) is 30.3 Å². The number of rotatable bonds is 6. The van der Waals surface area contributed by atoms with Crippen molar-refractivity contribution < 1.29 is 14.3 Å². The van der Waals surface area contributed by atoms with Crippen molar-refractivity contribution in [3.05, 3.63) is 83.3 Å². The fourth-order valence-electron chi connectivity index (χ4n) is 2.57. The maximum absolute atomic E-state index is 12.4. The highest BCUT2D eigenvalue weighted by atomic mass is 16.5. The van der Waals surface area contributed by atoms with Crippen LogP contribution >= 0.6 is 0 Å². The highest BCUT2D eigenvalue weighted by Gasteiger charge is 2.11. The number of nitrogens with zero attached hydrogens (tertiary/aromatic N) is 2. The molecule has 28 heavy (non-hydrogen) atoms. The normalized spacial score (nSPS) is 10.2. The van der Waals surface area contributed by atoms with Crippen molar-refractivity contribution in [1.82, 2.24) is 15.3 Å².